The highest BCUT2D eigenvalue weighted by Crippen LogP contribution is 2.08. The molecular formula is C11H14N2O3. The van der Waals surface area contributed by atoms with Crippen LogP contribution in [0.3, 0.4) is 0 Å². The summed E-state index contributed by atoms with van der Waals surface area (Å²) in [4.78, 5) is 21.7. The number of aliphatic carboxylic acids is 1. The number of carbonyl (C=O) groups excluding carboxylic acids is 2. The molecular weight excluding hydrogens is 208 g/mol. The molecule has 0 aliphatic carbocycles. The van der Waals surface area contributed by atoms with Gasteiger partial charge in [0.2, 0.25) is 5.91 Å². The van der Waals surface area contributed by atoms with Gasteiger partial charge in [-0.2, -0.15) is 0 Å². The zero-order valence-corrected chi connectivity index (χ0v) is 9.03. The normalized spacial score (nSPS) is 11.9. The van der Waals surface area contributed by atoms with Crippen LogP contribution in [0.1, 0.15) is 12.0 Å². The number of hydrogen-bond donors (Lipinski definition) is 2. The lowest BCUT2D eigenvalue weighted by Gasteiger charge is -2.09. The number of aryl methyl sites for hydroxylation is 1. The second-order valence-corrected chi connectivity index (χ2v) is 3.63. The Morgan fingerprint density at radius 3 is 2.44 bits per heavy atom. The topological polar surface area (TPSA) is 96.9 Å². The van der Waals surface area contributed by atoms with Crippen molar-refractivity contribution in [2.24, 2.45) is 0 Å². The summed E-state index contributed by atoms with van der Waals surface area (Å²) >= 11 is 0. The van der Waals surface area contributed by atoms with Crippen LogP contribution in [0.25, 0.3) is 0 Å². The molecule has 5 heteroatoms. The Morgan fingerprint density at radius 2 is 1.94 bits per heavy atom. The third-order valence-electron chi connectivity index (χ3n) is 2.10. The maximum atomic E-state index is 11.4. The van der Waals surface area contributed by atoms with Crippen LogP contribution >= 0.6 is 0 Å². The lowest BCUT2D eigenvalue weighted by atomic mass is 10.2. The summed E-state index contributed by atoms with van der Waals surface area (Å²) < 4.78 is 0. The van der Waals surface area contributed by atoms with Crippen LogP contribution in [0.15, 0.2) is 24.3 Å². The summed E-state index contributed by atoms with van der Waals surface area (Å²) in [6.45, 7) is 1.94. The monoisotopic (exact) mass is 222 g/mol. The number of hydrogen-bond acceptors (Lipinski definition) is 3. The Hall–Kier alpha value is -1.88. The largest absolute Gasteiger partial charge is 0.544 e. The van der Waals surface area contributed by atoms with Gasteiger partial charge in [0, 0.05) is 5.69 Å². The number of benzene rings is 1. The smallest absolute Gasteiger partial charge is 0.230 e. The Bertz CT molecular complexity index is 387. The zero-order chi connectivity index (χ0) is 12.1. The third-order valence-corrected chi connectivity index (χ3v) is 2.10. The molecule has 0 aliphatic rings. The molecule has 1 aromatic carbocycles. The molecule has 0 saturated carbocycles. The first-order valence-corrected chi connectivity index (χ1v) is 4.89. The van der Waals surface area contributed by atoms with E-state index in [0.29, 0.717) is 5.69 Å². The lowest BCUT2D eigenvalue weighted by molar-refractivity contribution is -0.436. The first kappa shape index (κ1) is 12.2. The van der Waals surface area contributed by atoms with E-state index < -0.39 is 12.0 Å². The van der Waals surface area contributed by atoms with Crippen molar-refractivity contribution in [1.29, 1.82) is 0 Å². The van der Waals surface area contributed by atoms with Gasteiger partial charge in [-0.05, 0) is 19.1 Å². The fourth-order valence-corrected chi connectivity index (χ4v) is 1.16. The summed E-state index contributed by atoms with van der Waals surface area (Å²) in [5.74, 6) is -1.70. The molecule has 0 bridgehead atoms. The first-order chi connectivity index (χ1) is 7.49. The van der Waals surface area contributed by atoms with E-state index in [9.17, 15) is 14.7 Å². The van der Waals surface area contributed by atoms with E-state index in [1.807, 2.05) is 19.1 Å². The number of rotatable bonds is 4. The highest BCUT2D eigenvalue weighted by molar-refractivity contribution is 5.93. The number of nitrogens with one attached hydrogen (secondary N) is 1. The van der Waals surface area contributed by atoms with Crippen LogP contribution in [-0.4, -0.2) is 17.9 Å². The highest BCUT2D eigenvalue weighted by atomic mass is 16.4. The van der Waals surface area contributed by atoms with Crippen molar-refractivity contribution in [3.63, 3.8) is 0 Å². The molecule has 16 heavy (non-hydrogen) atoms. The van der Waals surface area contributed by atoms with Crippen LogP contribution in [0, 0.1) is 6.92 Å². The quantitative estimate of drug-likeness (QED) is 0.661. The van der Waals surface area contributed by atoms with Crippen LogP contribution in [0.2, 0.25) is 0 Å². The number of amides is 1. The summed E-state index contributed by atoms with van der Waals surface area (Å²) in [5.41, 5.74) is 5.04. The molecule has 1 atom stereocenters. The molecule has 5 nitrogen and oxygen atoms in total. The number of anilines is 1. The van der Waals surface area contributed by atoms with Crippen molar-refractivity contribution in [2.75, 3.05) is 5.32 Å². The van der Waals surface area contributed by atoms with Gasteiger partial charge in [-0.15, -0.1) is 0 Å². The second-order valence-electron chi connectivity index (χ2n) is 3.63. The van der Waals surface area contributed by atoms with E-state index in [4.69, 9.17) is 0 Å². The van der Waals surface area contributed by atoms with E-state index in [0.717, 1.165) is 5.56 Å². The molecule has 0 radical (unpaired) electrons. The number of carbonyl (C=O) groups is 2. The summed E-state index contributed by atoms with van der Waals surface area (Å²) in [6.07, 6.45) is -0.184. The van der Waals surface area contributed by atoms with Crippen molar-refractivity contribution >= 4 is 17.6 Å². The molecule has 1 amide bonds. The molecule has 1 rings (SSSR count). The van der Waals surface area contributed by atoms with Crippen molar-refractivity contribution in [3.8, 4) is 0 Å². The van der Waals surface area contributed by atoms with E-state index >= 15 is 0 Å². The van der Waals surface area contributed by atoms with E-state index in [1.165, 1.54) is 0 Å². The minimum Gasteiger partial charge on any atom is -0.544 e. The molecule has 0 fully saturated rings. The van der Waals surface area contributed by atoms with Crippen LogP contribution in [0.4, 0.5) is 5.69 Å². The second kappa shape index (κ2) is 5.27. The van der Waals surface area contributed by atoms with Crippen molar-refractivity contribution in [3.05, 3.63) is 29.8 Å². The van der Waals surface area contributed by atoms with Crippen molar-refractivity contribution in [2.45, 2.75) is 19.4 Å². The maximum Gasteiger partial charge on any atom is 0.230 e. The standard InChI is InChI=1S/C11H14N2O3/c1-7-2-4-8(5-3-7)13-10(14)6-9(12)11(15)16/h2-5,9H,6,12H2,1H3,(H,13,14)(H,15,16)/t9-/m1/s1. The molecule has 0 unspecified atom stereocenters. The minimum atomic E-state index is -1.32. The molecule has 0 heterocycles. The molecule has 4 N–H and O–H groups in total. The van der Waals surface area contributed by atoms with E-state index in [2.05, 4.69) is 11.1 Å². The maximum absolute atomic E-state index is 11.4. The minimum absolute atomic E-state index is 0.184. The molecule has 86 valence electrons. The van der Waals surface area contributed by atoms with Crippen LogP contribution in [0.5, 0.6) is 0 Å². The first-order valence-electron chi connectivity index (χ1n) is 4.89. The Kier molecular flexibility index (Phi) is 4.02. The van der Waals surface area contributed by atoms with Gasteiger partial charge >= 0.3 is 0 Å². The van der Waals surface area contributed by atoms with Crippen molar-refractivity contribution in [1.82, 2.24) is 0 Å². The number of quaternary nitrogens is 1. The molecule has 0 saturated heterocycles. The van der Waals surface area contributed by atoms with Gasteiger partial charge in [0.05, 0.1) is 12.4 Å². The Balaban J connectivity index is 2.52. The molecule has 0 aromatic heterocycles. The van der Waals surface area contributed by atoms with Gasteiger partial charge in [-0.25, -0.2) is 0 Å². The predicted molar refractivity (Wildman–Crippen MR) is 56.1 cm³/mol. The number of carboxylic acids is 1. The molecule has 0 spiro atoms. The van der Waals surface area contributed by atoms with Gasteiger partial charge in [-0.1, -0.05) is 17.7 Å². The molecule has 1 aromatic rings. The Morgan fingerprint density at radius 1 is 1.38 bits per heavy atom. The van der Waals surface area contributed by atoms with Crippen LogP contribution in [-0.2, 0) is 9.59 Å². The van der Waals surface area contributed by atoms with E-state index in [-0.39, 0.29) is 12.3 Å². The lowest BCUT2D eigenvalue weighted by Crippen LogP contribution is -2.69. The number of carboxylic acid groups (broad SMARTS) is 1. The fourth-order valence-electron chi connectivity index (χ4n) is 1.16. The average Bonchev–Trinajstić information content (AvgIpc) is 2.21. The third kappa shape index (κ3) is 3.70. The van der Waals surface area contributed by atoms with Gasteiger partial charge < -0.3 is 21.0 Å². The van der Waals surface area contributed by atoms with E-state index in [1.54, 1.807) is 12.1 Å². The van der Waals surface area contributed by atoms with Gasteiger partial charge in [-0.3, -0.25) is 4.79 Å². The highest BCUT2D eigenvalue weighted by Gasteiger charge is 2.13. The fraction of sp³-hybridized carbons (Fsp3) is 0.273. The van der Waals surface area contributed by atoms with Gasteiger partial charge in [0.15, 0.2) is 0 Å². The SMILES string of the molecule is Cc1ccc(NC(=O)C[C@@H]([NH3+])C(=O)[O-])cc1. The van der Waals surface area contributed by atoms with Crippen molar-refractivity contribution < 1.29 is 20.4 Å². The summed E-state index contributed by atoms with van der Waals surface area (Å²) in [7, 11) is 0. The predicted octanol–water partition coefficient (Wildman–Crippen LogP) is -1.32. The summed E-state index contributed by atoms with van der Waals surface area (Å²) in [5, 5.41) is 13.0. The molecule has 0 aliphatic heterocycles. The summed E-state index contributed by atoms with van der Waals surface area (Å²) in [6, 6.07) is 6.20. The average molecular weight is 222 g/mol. The Labute approximate surface area is 93.3 Å². The van der Waals surface area contributed by atoms with Gasteiger partial charge in [0.1, 0.15) is 6.04 Å². The van der Waals surface area contributed by atoms with Gasteiger partial charge in [0.25, 0.3) is 0 Å². The zero-order valence-electron chi connectivity index (χ0n) is 9.03. The van der Waals surface area contributed by atoms with Crippen LogP contribution < -0.4 is 16.2 Å².